The van der Waals surface area contributed by atoms with Crippen LogP contribution in [0.25, 0.3) is 0 Å². The van der Waals surface area contributed by atoms with E-state index in [-0.39, 0.29) is 17.5 Å². The van der Waals surface area contributed by atoms with Gasteiger partial charge >= 0.3 is 0 Å². The molecule has 6 heteroatoms. The first-order valence-electron chi connectivity index (χ1n) is 8.72. The summed E-state index contributed by atoms with van der Waals surface area (Å²) in [6.45, 7) is 3.33. The maximum Gasteiger partial charge on any atom is 0.257 e. The first-order chi connectivity index (χ1) is 12.2. The molecule has 0 radical (unpaired) electrons. The van der Waals surface area contributed by atoms with Crippen LogP contribution in [0.2, 0.25) is 0 Å². The molecule has 0 spiro atoms. The standard InChI is InChI=1S/C19H21FN4O/c20-18-9-22-7-5-17(18)19(25)24-12-15-3-4-16(24)13-23(11-15)10-14-2-1-6-21-8-14/h1-2,5-9,15-16H,3-4,10-13H2/t15-,16+/m1/s1. The molecule has 0 aliphatic carbocycles. The van der Waals surface area contributed by atoms with Crippen LogP contribution in [0.3, 0.4) is 0 Å². The highest BCUT2D eigenvalue weighted by Crippen LogP contribution is 2.30. The Bertz CT molecular complexity index is 754. The van der Waals surface area contributed by atoms with Crippen molar-refractivity contribution < 1.29 is 9.18 Å². The number of hydrogen-bond donors (Lipinski definition) is 0. The van der Waals surface area contributed by atoms with Crippen LogP contribution in [0.4, 0.5) is 4.39 Å². The van der Waals surface area contributed by atoms with Crippen LogP contribution in [0.5, 0.6) is 0 Å². The van der Waals surface area contributed by atoms with Crippen molar-refractivity contribution in [3.8, 4) is 0 Å². The third kappa shape index (κ3) is 3.39. The minimum atomic E-state index is -0.542. The van der Waals surface area contributed by atoms with Crippen molar-refractivity contribution in [3.63, 3.8) is 0 Å². The van der Waals surface area contributed by atoms with E-state index in [1.165, 1.54) is 17.8 Å². The fourth-order valence-corrected chi connectivity index (χ4v) is 4.01. The fraction of sp³-hybridized carbons (Fsp3) is 0.421. The number of carbonyl (C=O) groups is 1. The van der Waals surface area contributed by atoms with Gasteiger partial charge in [-0.05, 0) is 36.5 Å². The van der Waals surface area contributed by atoms with Crippen LogP contribution in [-0.4, -0.2) is 51.4 Å². The molecule has 3 saturated heterocycles. The smallest absolute Gasteiger partial charge is 0.257 e. The Labute approximate surface area is 146 Å². The third-order valence-electron chi connectivity index (χ3n) is 5.18. The van der Waals surface area contributed by atoms with Gasteiger partial charge < -0.3 is 4.90 Å². The maximum atomic E-state index is 14.0. The summed E-state index contributed by atoms with van der Waals surface area (Å²) in [6.07, 6.45) is 8.35. The highest BCUT2D eigenvalue weighted by atomic mass is 19.1. The average molecular weight is 340 g/mol. The fourth-order valence-electron chi connectivity index (χ4n) is 4.01. The molecule has 130 valence electrons. The highest BCUT2D eigenvalue weighted by molar-refractivity contribution is 5.94. The number of nitrogens with zero attached hydrogens (tertiary/aromatic N) is 4. The summed E-state index contributed by atoms with van der Waals surface area (Å²) < 4.78 is 14.0. The Morgan fingerprint density at radius 2 is 2.00 bits per heavy atom. The minimum absolute atomic E-state index is 0.126. The zero-order valence-corrected chi connectivity index (χ0v) is 14.0. The van der Waals surface area contributed by atoms with Crippen molar-refractivity contribution in [1.29, 1.82) is 0 Å². The number of halogens is 1. The molecule has 0 N–H and O–H groups in total. The summed E-state index contributed by atoms with van der Waals surface area (Å²) in [5, 5.41) is 0. The van der Waals surface area contributed by atoms with Gasteiger partial charge in [0.1, 0.15) is 0 Å². The second-order valence-corrected chi connectivity index (χ2v) is 6.97. The zero-order chi connectivity index (χ0) is 17.2. The Balaban J connectivity index is 1.52. The van der Waals surface area contributed by atoms with Crippen molar-refractivity contribution in [2.45, 2.75) is 25.4 Å². The molecule has 0 saturated carbocycles. The van der Waals surface area contributed by atoms with E-state index in [1.807, 2.05) is 17.2 Å². The third-order valence-corrected chi connectivity index (χ3v) is 5.18. The number of fused-ring (bicyclic) bond motifs is 4. The maximum absolute atomic E-state index is 14.0. The molecule has 5 rings (SSSR count). The van der Waals surface area contributed by atoms with Gasteiger partial charge in [0.15, 0.2) is 5.82 Å². The lowest BCUT2D eigenvalue weighted by molar-refractivity contribution is 0.0580. The van der Waals surface area contributed by atoms with Crippen LogP contribution in [0.1, 0.15) is 28.8 Å². The topological polar surface area (TPSA) is 49.3 Å². The molecule has 3 aliphatic heterocycles. The predicted molar refractivity (Wildman–Crippen MR) is 91.3 cm³/mol. The first kappa shape index (κ1) is 16.1. The van der Waals surface area contributed by atoms with E-state index in [9.17, 15) is 9.18 Å². The van der Waals surface area contributed by atoms with Crippen LogP contribution in [0.15, 0.2) is 43.0 Å². The molecule has 25 heavy (non-hydrogen) atoms. The molecule has 3 fully saturated rings. The van der Waals surface area contributed by atoms with E-state index in [1.54, 1.807) is 6.20 Å². The van der Waals surface area contributed by atoms with Crippen molar-refractivity contribution in [2.75, 3.05) is 19.6 Å². The summed E-state index contributed by atoms with van der Waals surface area (Å²) in [6, 6.07) is 5.64. The van der Waals surface area contributed by atoms with Crippen molar-refractivity contribution in [3.05, 3.63) is 59.9 Å². The van der Waals surface area contributed by atoms with Crippen LogP contribution in [-0.2, 0) is 6.54 Å². The number of aromatic nitrogens is 2. The van der Waals surface area contributed by atoms with Gasteiger partial charge in [-0.15, -0.1) is 0 Å². The van der Waals surface area contributed by atoms with Gasteiger partial charge in [0.2, 0.25) is 0 Å². The van der Waals surface area contributed by atoms with Crippen molar-refractivity contribution in [1.82, 2.24) is 19.8 Å². The molecular weight excluding hydrogens is 319 g/mol. The van der Waals surface area contributed by atoms with Gasteiger partial charge in [-0.25, -0.2) is 4.39 Å². The van der Waals surface area contributed by atoms with E-state index in [0.717, 1.165) is 38.7 Å². The molecule has 5 heterocycles. The minimum Gasteiger partial charge on any atom is -0.334 e. The normalized spacial score (nSPS) is 23.5. The van der Waals surface area contributed by atoms with E-state index < -0.39 is 5.82 Å². The summed E-state index contributed by atoms with van der Waals surface area (Å²) in [4.78, 5) is 25.0. The van der Waals surface area contributed by atoms with E-state index in [4.69, 9.17) is 0 Å². The number of hydrogen-bond acceptors (Lipinski definition) is 4. The van der Waals surface area contributed by atoms with Gasteiger partial charge in [0, 0.05) is 50.8 Å². The molecular formula is C19H21FN4O. The number of amides is 1. The van der Waals surface area contributed by atoms with Crippen molar-refractivity contribution >= 4 is 5.91 Å². The van der Waals surface area contributed by atoms with E-state index >= 15 is 0 Å². The monoisotopic (exact) mass is 340 g/mol. The summed E-state index contributed by atoms with van der Waals surface area (Å²) in [5.74, 6) is -0.318. The Hall–Kier alpha value is -2.34. The number of rotatable bonds is 3. The zero-order valence-electron chi connectivity index (χ0n) is 14.0. The van der Waals surface area contributed by atoms with Gasteiger partial charge in [-0.1, -0.05) is 6.07 Å². The van der Waals surface area contributed by atoms with Gasteiger partial charge in [-0.3, -0.25) is 19.7 Å². The van der Waals surface area contributed by atoms with Crippen LogP contribution in [0, 0.1) is 11.7 Å². The number of carbonyl (C=O) groups excluding carboxylic acids is 1. The summed E-state index contributed by atoms with van der Waals surface area (Å²) in [5.41, 5.74) is 1.31. The Morgan fingerprint density at radius 3 is 2.80 bits per heavy atom. The molecule has 2 bridgehead atoms. The number of piperidine rings is 1. The second-order valence-electron chi connectivity index (χ2n) is 6.97. The van der Waals surface area contributed by atoms with Gasteiger partial charge in [0.25, 0.3) is 5.91 Å². The molecule has 2 aromatic heterocycles. The van der Waals surface area contributed by atoms with Gasteiger partial charge in [-0.2, -0.15) is 0 Å². The molecule has 1 amide bonds. The molecule has 2 atom stereocenters. The average Bonchev–Trinajstić information content (AvgIpc) is 2.93. The summed E-state index contributed by atoms with van der Waals surface area (Å²) in [7, 11) is 0. The lowest BCUT2D eigenvalue weighted by Crippen LogP contribution is -2.47. The largest absolute Gasteiger partial charge is 0.334 e. The molecule has 0 aromatic carbocycles. The van der Waals surface area contributed by atoms with E-state index in [0.29, 0.717) is 12.5 Å². The lowest BCUT2D eigenvalue weighted by Gasteiger charge is -2.36. The molecule has 0 unspecified atom stereocenters. The van der Waals surface area contributed by atoms with Crippen LogP contribution < -0.4 is 0 Å². The van der Waals surface area contributed by atoms with Gasteiger partial charge in [0.05, 0.1) is 11.8 Å². The summed E-state index contributed by atoms with van der Waals surface area (Å²) >= 11 is 0. The molecule has 5 nitrogen and oxygen atoms in total. The SMILES string of the molecule is O=C(c1ccncc1F)N1C[C@@H]2CC[C@H]1CN(Cc1cccnc1)C2. The van der Waals surface area contributed by atoms with Crippen molar-refractivity contribution in [2.24, 2.45) is 5.92 Å². The van der Waals surface area contributed by atoms with E-state index in [2.05, 4.69) is 20.9 Å². The Kier molecular flexibility index (Phi) is 4.44. The second kappa shape index (κ2) is 6.88. The highest BCUT2D eigenvalue weighted by Gasteiger charge is 2.37. The molecule has 3 aliphatic rings. The molecule has 2 aromatic rings. The quantitative estimate of drug-likeness (QED) is 0.861. The predicted octanol–water partition coefficient (Wildman–Crippen LogP) is 2.35. The lowest BCUT2D eigenvalue weighted by atomic mass is 9.94. The Morgan fingerprint density at radius 1 is 1.12 bits per heavy atom. The first-order valence-corrected chi connectivity index (χ1v) is 8.72. The van der Waals surface area contributed by atoms with Crippen LogP contribution >= 0.6 is 0 Å². The number of pyridine rings is 2.